The van der Waals surface area contributed by atoms with Crippen molar-refractivity contribution in [3.05, 3.63) is 200 Å². The first-order valence-corrected chi connectivity index (χ1v) is 18.5. The highest BCUT2D eigenvalue weighted by Crippen LogP contribution is 2.37. The molecule has 0 radical (unpaired) electrons. The Morgan fingerprint density at radius 2 is 1.33 bits per heavy atom. The van der Waals surface area contributed by atoms with E-state index >= 15 is 0 Å². The second-order valence-corrected chi connectivity index (χ2v) is 14.9. The highest BCUT2D eigenvalue weighted by molar-refractivity contribution is 6.09. The molecule has 0 aliphatic carbocycles. The fourth-order valence-corrected chi connectivity index (χ4v) is 7.35. The van der Waals surface area contributed by atoms with Gasteiger partial charge in [0.1, 0.15) is 17.3 Å². The lowest BCUT2D eigenvalue weighted by Gasteiger charge is -2.18. The molecule has 5 nitrogen and oxygen atoms in total. The summed E-state index contributed by atoms with van der Waals surface area (Å²) in [5, 5.41) is 0.179. The summed E-state index contributed by atoms with van der Waals surface area (Å²) in [4.78, 5) is 4.65. The van der Waals surface area contributed by atoms with E-state index in [4.69, 9.17) is 23.9 Å². The normalized spacial score (nSPS) is 15.6. The lowest BCUT2D eigenvalue weighted by atomic mass is 9.88. The van der Waals surface area contributed by atoms with Gasteiger partial charge in [-0.3, -0.25) is 13.7 Å². The minimum atomic E-state index is -0.614. The Balaban J connectivity index is 1.18. The van der Waals surface area contributed by atoms with E-state index in [1.54, 1.807) is 68.4 Å². The van der Waals surface area contributed by atoms with E-state index in [1.165, 1.54) is 24.3 Å². The third-order valence-corrected chi connectivity index (χ3v) is 9.66. The van der Waals surface area contributed by atoms with Crippen LogP contribution in [0, 0.1) is 11.7 Å². The van der Waals surface area contributed by atoms with Gasteiger partial charge in [0, 0.05) is 23.0 Å². The van der Waals surface area contributed by atoms with Gasteiger partial charge in [0.05, 0.1) is 55.4 Å². The minimum absolute atomic E-state index is 0.0623. The van der Waals surface area contributed by atoms with Gasteiger partial charge in [-0.15, -0.1) is 0 Å². The van der Waals surface area contributed by atoms with Crippen molar-refractivity contribution in [2.45, 2.75) is 27.2 Å². The van der Waals surface area contributed by atoms with Crippen LogP contribution in [0.2, 0.25) is 0 Å². The Morgan fingerprint density at radius 3 is 2.09 bits per heavy atom. The fraction of sp³-hybridized carbons (Fsp3) is 0.0943. The zero-order valence-corrected chi connectivity index (χ0v) is 31.6. The predicted molar refractivity (Wildman–Crippen MR) is 236 cm³/mol. The Hall–Kier alpha value is -7.24. The van der Waals surface area contributed by atoms with Gasteiger partial charge in [-0.05, 0) is 88.1 Å². The van der Waals surface area contributed by atoms with Crippen LogP contribution in [0.15, 0.2) is 188 Å². The number of ether oxygens (including phenoxy) is 1. The van der Waals surface area contributed by atoms with E-state index in [2.05, 4.69) is 32.1 Å². The van der Waals surface area contributed by atoms with Crippen LogP contribution in [-0.2, 0) is 6.42 Å². The van der Waals surface area contributed by atoms with Crippen LogP contribution in [0.4, 0.5) is 0 Å². The summed E-state index contributed by atoms with van der Waals surface area (Å²) in [5.74, 6) is 0.467. The zero-order valence-electron chi connectivity index (χ0n) is 47.6. The number of imidazole rings is 1. The Kier molecular flexibility index (Phi) is 5.42. The van der Waals surface area contributed by atoms with Gasteiger partial charge in [0.25, 0.3) is 6.33 Å². The predicted octanol–water partition coefficient (Wildman–Crippen LogP) is 12.9. The molecule has 0 bridgehead atoms. The Bertz CT molecular complexity index is 3900. The van der Waals surface area contributed by atoms with E-state index in [0.29, 0.717) is 29.0 Å². The number of nitrogens with zero attached hydrogens (tertiary/aromatic N) is 4. The molecule has 0 aliphatic heterocycles. The summed E-state index contributed by atoms with van der Waals surface area (Å²) in [6, 6.07) is 15.5. The number of para-hydroxylation sites is 4. The molecule has 7 aromatic carbocycles. The average molecular weight is 767 g/mol. The minimum Gasteiger partial charge on any atom is -0.458 e. The molecule has 0 spiro atoms. The van der Waals surface area contributed by atoms with Gasteiger partial charge < -0.3 is 4.74 Å². The molecule has 58 heavy (non-hydrogen) atoms. The SMILES string of the molecule is [2H]c1c([2H])c([2H])c(-c2cccc(-c3c([2H])c([2H])c([2H])c([2H])c3[2H])c2-[n+]2[c-]n(-c3cccc(Oc4cc5c(c([2H])c4[2H])c4c([2H])c([2H])c([2H])c([2H])c4n5-c4cc(CC(C)(C)C)ccn4)c3)c3ccccc32)c([2H])c1[2H]. The van der Waals surface area contributed by atoms with Crippen LogP contribution >= 0.6 is 0 Å². The van der Waals surface area contributed by atoms with Gasteiger partial charge in [-0.1, -0.05) is 148 Å². The molecule has 5 heteroatoms. The molecule has 10 aromatic rings. The van der Waals surface area contributed by atoms with Gasteiger partial charge in [-0.25, -0.2) is 4.98 Å². The quantitative estimate of drug-likeness (QED) is 0.114. The fourth-order valence-electron chi connectivity index (χ4n) is 7.35. The first-order chi connectivity index (χ1) is 35.0. The van der Waals surface area contributed by atoms with Crippen LogP contribution in [-0.4, -0.2) is 14.1 Å². The third kappa shape index (κ3) is 6.50. The molecular weight excluding hydrogens is 709 g/mol. The summed E-state index contributed by atoms with van der Waals surface area (Å²) in [6.07, 6.45) is 5.64. The zero-order chi connectivity index (χ0) is 53.1. The standard InChI is InChI=1S/C53H42N4O/c1-53(2,3)35-37-30-31-54-51(32-37)57-47-25-11-10-22-45(47)46-29-28-42(34-50(46)57)58-41-21-14-20-40(33-41)55-36-56(49-27-13-12-26-48(49)55)52-43(38-16-6-4-7-17-38)23-15-24-44(52)39-18-8-5-9-19-39/h4-34H,35H2,1-3H3/i4D,5D,6D,7D,8D,9D,10D,11D,16D,17D,18D,19D,22D,25D,28D,29D. The van der Waals surface area contributed by atoms with Crippen molar-refractivity contribution in [3.8, 4) is 50.9 Å². The van der Waals surface area contributed by atoms with Crippen molar-refractivity contribution in [2.24, 2.45) is 5.41 Å². The third-order valence-electron chi connectivity index (χ3n) is 9.66. The maximum Gasteiger partial charge on any atom is 0.269 e. The molecule has 3 heterocycles. The highest BCUT2D eigenvalue weighted by atomic mass is 16.5. The summed E-state index contributed by atoms with van der Waals surface area (Å²) in [7, 11) is 0. The number of hydrogen-bond acceptors (Lipinski definition) is 2. The first-order valence-electron chi connectivity index (χ1n) is 26.5. The molecule has 0 atom stereocenters. The second-order valence-electron chi connectivity index (χ2n) is 14.9. The summed E-state index contributed by atoms with van der Waals surface area (Å²) in [6.45, 7) is 6.28. The molecule has 0 N–H and O–H groups in total. The molecule has 3 aromatic heterocycles. The number of pyridine rings is 1. The van der Waals surface area contributed by atoms with E-state index in [0.717, 1.165) is 5.56 Å². The van der Waals surface area contributed by atoms with E-state index < -0.39 is 72.5 Å². The smallest absolute Gasteiger partial charge is 0.269 e. The molecule has 280 valence electrons. The van der Waals surface area contributed by atoms with E-state index in [9.17, 15) is 2.74 Å². The maximum absolute atomic E-state index is 9.36. The van der Waals surface area contributed by atoms with Gasteiger partial charge in [0.15, 0.2) is 0 Å². The largest absolute Gasteiger partial charge is 0.458 e. The monoisotopic (exact) mass is 766 g/mol. The average Bonchev–Trinajstić information content (AvgIpc) is 3.95. The van der Waals surface area contributed by atoms with Gasteiger partial charge in [-0.2, -0.15) is 0 Å². The molecular formula is C53H42N4O. The van der Waals surface area contributed by atoms with Crippen LogP contribution in [0.25, 0.3) is 72.3 Å². The van der Waals surface area contributed by atoms with E-state index in [1.807, 2.05) is 12.1 Å². The second kappa shape index (κ2) is 14.4. The molecule has 0 unspecified atom stereocenters. The topological polar surface area (TPSA) is 35.9 Å². The first kappa shape index (κ1) is 21.9. The number of hydrogen-bond donors (Lipinski definition) is 0. The van der Waals surface area contributed by atoms with Gasteiger partial charge >= 0.3 is 0 Å². The van der Waals surface area contributed by atoms with Crippen molar-refractivity contribution >= 4 is 32.8 Å². The molecule has 0 amide bonds. The van der Waals surface area contributed by atoms with Crippen molar-refractivity contribution in [3.63, 3.8) is 0 Å². The molecule has 10 rings (SSSR count). The number of fused-ring (bicyclic) bond motifs is 4. The highest BCUT2D eigenvalue weighted by Gasteiger charge is 2.20. The summed E-state index contributed by atoms with van der Waals surface area (Å²) >= 11 is 0. The van der Waals surface area contributed by atoms with Crippen molar-refractivity contribution in [1.82, 2.24) is 14.1 Å². The summed E-state index contributed by atoms with van der Waals surface area (Å²) in [5.41, 5.74) is 2.45. The van der Waals surface area contributed by atoms with Crippen LogP contribution < -0.4 is 9.30 Å². The van der Waals surface area contributed by atoms with E-state index in [-0.39, 0.29) is 90.8 Å². The number of rotatable bonds is 8. The lowest BCUT2D eigenvalue weighted by Crippen LogP contribution is -2.31. The molecule has 0 saturated carbocycles. The van der Waals surface area contributed by atoms with Crippen molar-refractivity contribution < 1.29 is 31.2 Å². The molecule has 0 fully saturated rings. The van der Waals surface area contributed by atoms with Crippen LogP contribution in [0.3, 0.4) is 0 Å². The van der Waals surface area contributed by atoms with Crippen LogP contribution in [0.1, 0.15) is 48.3 Å². The lowest BCUT2D eigenvalue weighted by molar-refractivity contribution is -0.571. The Labute approximate surface area is 361 Å². The van der Waals surface area contributed by atoms with Gasteiger partial charge in [0.2, 0.25) is 0 Å². The molecule has 0 saturated heterocycles. The number of aromatic nitrogens is 4. The van der Waals surface area contributed by atoms with Crippen molar-refractivity contribution in [2.75, 3.05) is 0 Å². The Morgan fingerprint density at radius 1 is 0.638 bits per heavy atom. The summed E-state index contributed by atoms with van der Waals surface area (Å²) < 4.78 is 152. The van der Waals surface area contributed by atoms with Crippen LogP contribution in [0.5, 0.6) is 11.5 Å². The molecule has 0 aliphatic rings. The maximum atomic E-state index is 9.36. The number of benzene rings is 7. The van der Waals surface area contributed by atoms with Crippen molar-refractivity contribution in [1.29, 1.82) is 0 Å².